The minimum absolute atomic E-state index is 0.125. The number of carbonyl (C=O) groups excluding carboxylic acids is 1. The predicted octanol–water partition coefficient (Wildman–Crippen LogP) is 0.685. The standard InChI is InChI=1S/C19H30N4O5S2/c1-16-6-7-17(30(27,28)23-8-4-3-5-9-23)14-18(16)20-19(24)15-21-10-12-22(13-11-21)29(2,25)26/h6-7,14H,3-5,8-13,15H2,1-2H3,(H,20,24). The second-order valence-corrected chi connectivity index (χ2v) is 11.8. The number of piperidine rings is 1. The maximum atomic E-state index is 12.9. The summed E-state index contributed by atoms with van der Waals surface area (Å²) in [5.41, 5.74) is 1.26. The number of nitrogens with one attached hydrogen (secondary N) is 1. The molecule has 168 valence electrons. The Labute approximate surface area is 179 Å². The van der Waals surface area contributed by atoms with Gasteiger partial charge in [0.15, 0.2) is 0 Å². The largest absolute Gasteiger partial charge is 0.325 e. The van der Waals surface area contributed by atoms with Gasteiger partial charge < -0.3 is 5.32 Å². The molecule has 2 aliphatic heterocycles. The molecule has 9 nitrogen and oxygen atoms in total. The summed E-state index contributed by atoms with van der Waals surface area (Å²) in [6.07, 6.45) is 3.95. The normalized spacial score (nSPS) is 20.2. The van der Waals surface area contributed by atoms with Gasteiger partial charge >= 0.3 is 0 Å². The zero-order valence-electron chi connectivity index (χ0n) is 17.5. The molecule has 2 fully saturated rings. The first-order valence-corrected chi connectivity index (χ1v) is 13.4. The number of rotatable bonds is 6. The van der Waals surface area contributed by atoms with Crippen LogP contribution in [0.4, 0.5) is 5.69 Å². The molecule has 0 aliphatic carbocycles. The van der Waals surface area contributed by atoms with Gasteiger partial charge in [0, 0.05) is 45.0 Å². The molecule has 0 atom stereocenters. The lowest BCUT2D eigenvalue weighted by atomic mass is 10.2. The summed E-state index contributed by atoms with van der Waals surface area (Å²) in [7, 11) is -6.79. The molecule has 2 heterocycles. The molecule has 1 aromatic rings. The Bertz CT molecular complexity index is 980. The van der Waals surface area contributed by atoms with Gasteiger partial charge in [-0.15, -0.1) is 0 Å². The van der Waals surface area contributed by atoms with Crippen LogP contribution >= 0.6 is 0 Å². The van der Waals surface area contributed by atoms with Crippen LogP contribution in [0.1, 0.15) is 24.8 Å². The number of anilines is 1. The summed E-state index contributed by atoms with van der Waals surface area (Å²) in [5.74, 6) is -0.251. The Kier molecular flexibility index (Phi) is 7.18. The summed E-state index contributed by atoms with van der Waals surface area (Å²) in [4.78, 5) is 14.6. The van der Waals surface area contributed by atoms with E-state index in [1.54, 1.807) is 12.1 Å². The molecule has 2 aliphatic rings. The fourth-order valence-electron chi connectivity index (χ4n) is 3.76. The average molecular weight is 459 g/mol. The monoisotopic (exact) mass is 458 g/mol. The summed E-state index contributed by atoms with van der Waals surface area (Å²) in [5, 5.41) is 2.82. The number of nitrogens with zero attached hydrogens (tertiary/aromatic N) is 3. The molecule has 0 unspecified atom stereocenters. The summed E-state index contributed by atoms with van der Waals surface area (Å²) < 4.78 is 51.9. The first-order chi connectivity index (χ1) is 14.1. The van der Waals surface area contributed by atoms with Gasteiger partial charge in [-0.2, -0.15) is 8.61 Å². The summed E-state index contributed by atoms with van der Waals surface area (Å²) >= 11 is 0. The fourth-order valence-corrected chi connectivity index (χ4v) is 6.13. The summed E-state index contributed by atoms with van der Waals surface area (Å²) in [6, 6.07) is 4.81. The van der Waals surface area contributed by atoms with Gasteiger partial charge in [-0.25, -0.2) is 16.8 Å². The molecule has 1 aromatic carbocycles. The first-order valence-electron chi connectivity index (χ1n) is 10.2. The van der Waals surface area contributed by atoms with Crippen molar-refractivity contribution in [3.05, 3.63) is 23.8 Å². The van der Waals surface area contributed by atoms with Crippen molar-refractivity contribution in [1.82, 2.24) is 13.5 Å². The van der Waals surface area contributed by atoms with Crippen LogP contribution in [0.5, 0.6) is 0 Å². The zero-order valence-corrected chi connectivity index (χ0v) is 19.1. The van der Waals surface area contributed by atoms with Gasteiger partial charge in [0.25, 0.3) is 0 Å². The number of aryl methyl sites for hydroxylation is 1. The molecule has 0 saturated carbocycles. The van der Waals surface area contributed by atoms with E-state index in [-0.39, 0.29) is 17.3 Å². The van der Waals surface area contributed by atoms with E-state index >= 15 is 0 Å². The van der Waals surface area contributed by atoms with Crippen LogP contribution in [0.2, 0.25) is 0 Å². The van der Waals surface area contributed by atoms with Crippen molar-refractivity contribution in [2.45, 2.75) is 31.1 Å². The number of piperazine rings is 1. The third-order valence-electron chi connectivity index (χ3n) is 5.60. The molecular formula is C19H30N4O5S2. The Hall–Kier alpha value is -1.53. The maximum absolute atomic E-state index is 12.9. The van der Waals surface area contributed by atoms with Gasteiger partial charge in [0.05, 0.1) is 17.7 Å². The zero-order chi connectivity index (χ0) is 21.9. The van der Waals surface area contributed by atoms with Crippen molar-refractivity contribution in [2.24, 2.45) is 0 Å². The van der Waals surface area contributed by atoms with Crippen molar-refractivity contribution in [1.29, 1.82) is 0 Å². The van der Waals surface area contributed by atoms with E-state index in [1.807, 2.05) is 11.8 Å². The molecule has 0 radical (unpaired) electrons. The molecule has 0 aromatic heterocycles. The van der Waals surface area contributed by atoms with Gasteiger partial charge in [-0.3, -0.25) is 9.69 Å². The third-order valence-corrected chi connectivity index (χ3v) is 8.80. The SMILES string of the molecule is Cc1ccc(S(=O)(=O)N2CCCCC2)cc1NC(=O)CN1CCN(S(C)(=O)=O)CC1. The minimum Gasteiger partial charge on any atom is -0.325 e. The van der Waals surface area contributed by atoms with Gasteiger partial charge in [0.2, 0.25) is 26.0 Å². The number of sulfonamides is 2. The molecule has 1 amide bonds. The van der Waals surface area contributed by atoms with Crippen LogP contribution in [0.3, 0.4) is 0 Å². The van der Waals surface area contributed by atoms with E-state index < -0.39 is 20.0 Å². The molecule has 0 spiro atoms. The fraction of sp³-hybridized carbons (Fsp3) is 0.632. The number of hydrogen-bond acceptors (Lipinski definition) is 6. The van der Waals surface area contributed by atoms with Crippen LogP contribution in [0, 0.1) is 6.92 Å². The quantitative estimate of drug-likeness (QED) is 0.672. The van der Waals surface area contributed by atoms with Crippen molar-refractivity contribution in [2.75, 3.05) is 57.4 Å². The van der Waals surface area contributed by atoms with E-state index in [0.717, 1.165) is 24.8 Å². The van der Waals surface area contributed by atoms with Crippen LogP contribution in [0.15, 0.2) is 23.1 Å². The van der Waals surface area contributed by atoms with E-state index in [1.165, 1.54) is 20.9 Å². The first kappa shape index (κ1) is 23.1. The lowest BCUT2D eigenvalue weighted by Gasteiger charge is -2.32. The number of carbonyl (C=O) groups is 1. The van der Waals surface area contributed by atoms with Crippen LogP contribution in [-0.2, 0) is 24.8 Å². The molecule has 11 heteroatoms. The van der Waals surface area contributed by atoms with E-state index in [9.17, 15) is 21.6 Å². The Morgan fingerprint density at radius 1 is 0.933 bits per heavy atom. The molecule has 3 rings (SSSR count). The van der Waals surface area contributed by atoms with E-state index in [2.05, 4.69) is 5.32 Å². The number of benzene rings is 1. The highest BCUT2D eigenvalue weighted by molar-refractivity contribution is 7.89. The Morgan fingerprint density at radius 2 is 1.57 bits per heavy atom. The second-order valence-electron chi connectivity index (χ2n) is 7.93. The predicted molar refractivity (Wildman–Crippen MR) is 115 cm³/mol. The van der Waals surface area contributed by atoms with Crippen molar-refractivity contribution >= 4 is 31.6 Å². The van der Waals surface area contributed by atoms with Crippen molar-refractivity contribution in [3.63, 3.8) is 0 Å². The van der Waals surface area contributed by atoms with E-state index in [4.69, 9.17) is 0 Å². The maximum Gasteiger partial charge on any atom is 0.243 e. The van der Waals surface area contributed by atoms with Crippen molar-refractivity contribution < 1.29 is 21.6 Å². The van der Waals surface area contributed by atoms with Crippen LogP contribution < -0.4 is 5.32 Å². The lowest BCUT2D eigenvalue weighted by molar-refractivity contribution is -0.117. The number of amides is 1. The van der Waals surface area contributed by atoms with Crippen molar-refractivity contribution in [3.8, 4) is 0 Å². The lowest BCUT2D eigenvalue weighted by Crippen LogP contribution is -2.50. The molecule has 0 bridgehead atoms. The van der Waals surface area contributed by atoms with E-state index in [0.29, 0.717) is 45.0 Å². The highest BCUT2D eigenvalue weighted by atomic mass is 32.2. The van der Waals surface area contributed by atoms with Gasteiger partial charge in [0.1, 0.15) is 0 Å². The van der Waals surface area contributed by atoms with Gasteiger partial charge in [-0.1, -0.05) is 12.5 Å². The Morgan fingerprint density at radius 3 is 2.17 bits per heavy atom. The molecular weight excluding hydrogens is 428 g/mol. The number of hydrogen-bond donors (Lipinski definition) is 1. The van der Waals surface area contributed by atoms with Crippen LogP contribution in [-0.4, -0.2) is 88.3 Å². The van der Waals surface area contributed by atoms with Crippen LogP contribution in [0.25, 0.3) is 0 Å². The average Bonchev–Trinajstić information content (AvgIpc) is 2.70. The highest BCUT2D eigenvalue weighted by Gasteiger charge is 2.27. The molecule has 30 heavy (non-hydrogen) atoms. The minimum atomic E-state index is -3.58. The Balaban J connectivity index is 1.64. The topological polar surface area (TPSA) is 107 Å². The smallest absolute Gasteiger partial charge is 0.243 e. The third kappa shape index (κ3) is 5.58. The molecule has 2 saturated heterocycles. The molecule has 1 N–H and O–H groups in total. The second kappa shape index (κ2) is 9.31. The van der Waals surface area contributed by atoms with Gasteiger partial charge in [-0.05, 0) is 37.5 Å². The highest BCUT2D eigenvalue weighted by Crippen LogP contribution is 2.25. The summed E-state index contributed by atoms with van der Waals surface area (Å²) in [6.45, 7) is 4.65.